The Balaban J connectivity index is 2.58. The third-order valence-corrected chi connectivity index (χ3v) is 2.85. The van der Waals surface area contributed by atoms with E-state index in [4.69, 9.17) is 16.7 Å². The van der Waals surface area contributed by atoms with Gasteiger partial charge in [0.2, 0.25) is 0 Å². The molecule has 3 nitrogen and oxygen atoms in total. The zero-order valence-corrected chi connectivity index (χ0v) is 9.01. The van der Waals surface area contributed by atoms with Crippen LogP contribution < -0.4 is 0 Å². The molecule has 78 valence electrons. The molecular formula is C11H10ClNO2. The molecule has 0 aromatic heterocycles. The first-order valence-electron chi connectivity index (χ1n) is 4.73. The van der Waals surface area contributed by atoms with Gasteiger partial charge in [0.05, 0.1) is 12.1 Å². The quantitative estimate of drug-likeness (QED) is 0.838. The number of fused-ring (bicyclic) bond motifs is 1. The van der Waals surface area contributed by atoms with Crippen LogP contribution >= 0.6 is 11.6 Å². The average Bonchev–Trinajstić information content (AvgIpc) is 2.60. The minimum Gasteiger partial charge on any atom is -0.478 e. The minimum atomic E-state index is -0.956. The van der Waals surface area contributed by atoms with Gasteiger partial charge in [-0.2, -0.15) is 0 Å². The smallest absolute Gasteiger partial charge is 0.335 e. The molecule has 0 fully saturated rings. The molecule has 1 N–H and O–H groups in total. The normalized spacial score (nSPS) is 13.6. The van der Waals surface area contributed by atoms with Crippen LogP contribution in [-0.4, -0.2) is 16.8 Å². The molecule has 0 bridgehead atoms. The Morgan fingerprint density at radius 3 is 2.93 bits per heavy atom. The van der Waals surface area contributed by atoms with E-state index in [1.165, 1.54) is 6.07 Å². The van der Waals surface area contributed by atoms with Crippen molar-refractivity contribution in [2.75, 3.05) is 0 Å². The summed E-state index contributed by atoms with van der Waals surface area (Å²) < 4.78 is 0. The second-order valence-corrected chi connectivity index (χ2v) is 3.81. The maximum Gasteiger partial charge on any atom is 0.335 e. The van der Waals surface area contributed by atoms with Crippen molar-refractivity contribution in [2.24, 2.45) is 4.99 Å². The van der Waals surface area contributed by atoms with E-state index in [0.29, 0.717) is 11.6 Å². The summed E-state index contributed by atoms with van der Waals surface area (Å²) in [5.74, 6) is -0.956. The van der Waals surface area contributed by atoms with Crippen molar-refractivity contribution in [3.05, 3.63) is 33.8 Å². The molecule has 2 rings (SSSR count). The molecule has 1 aliphatic rings. The van der Waals surface area contributed by atoms with Crippen molar-refractivity contribution < 1.29 is 9.90 Å². The van der Waals surface area contributed by atoms with Gasteiger partial charge >= 0.3 is 5.97 Å². The van der Waals surface area contributed by atoms with Gasteiger partial charge in [-0.15, -0.1) is 0 Å². The lowest BCUT2D eigenvalue weighted by molar-refractivity contribution is 0.0697. The zero-order valence-electron chi connectivity index (χ0n) is 8.25. The predicted molar refractivity (Wildman–Crippen MR) is 58.9 cm³/mol. The van der Waals surface area contributed by atoms with Crippen LogP contribution in [0.2, 0.25) is 5.02 Å². The fourth-order valence-corrected chi connectivity index (χ4v) is 2.02. The van der Waals surface area contributed by atoms with Gasteiger partial charge in [0.1, 0.15) is 0 Å². The van der Waals surface area contributed by atoms with Crippen molar-refractivity contribution in [1.29, 1.82) is 0 Å². The van der Waals surface area contributed by atoms with E-state index in [0.717, 1.165) is 23.3 Å². The number of benzene rings is 1. The van der Waals surface area contributed by atoms with Crippen LogP contribution in [0.25, 0.3) is 0 Å². The van der Waals surface area contributed by atoms with Gasteiger partial charge in [0.25, 0.3) is 0 Å². The highest BCUT2D eigenvalue weighted by atomic mass is 35.5. The van der Waals surface area contributed by atoms with Gasteiger partial charge in [-0.25, -0.2) is 4.79 Å². The lowest BCUT2D eigenvalue weighted by Gasteiger charge is -2.05. The monoisotopic (exact) mass is 223 g/mol. The number of rotatable bonds is 2. The predicted octanol–water partition coefficient (Wildman–Crippen LogP) is 2.75. The summed E-state index contributed by atoms with van der Waals surface area (Å²) in [5, 5.41) is 9.40. The van der Waals surface area contributed by atoms with E-state index in [2.05, 4.69) is 4.99 Å². The maximum atomic E-state index is 10.8. The van der Waals surface area contributed by atoms with Crippen LogP contribution in [-0.2, 0) is 6.54 Å². The van der Waals surface area contributed by atoms with Crippen molar-refractivity contribution in [3.8, 4) is 0 Å². The van der Waals surface area contributed by atoms with Gasteiger partial charge in [-0.05, 0) is 18.6 Å². The summed E-state index contributed by atoms with van der Waals surface area (Å²) in [7, 11) is 0. The van der Waals surface area contributed by atoms with Crippen LogP contribution in [0.15, 0.2) is 17.1 Å². The van der Waals surface area contributed by atoms with Gasteiger partial charge in [0, 0.05) is 21.9 Å². The maximum absolute atomic E-state index is 10.8. The molecule has 1 aromatic carbocycles. The first-order chi connectivity index (χ1) is 7.13. The van der Waals surface area contributed by atoms with Crippen molar-refractivity contribution >= 4 is 23.3 Å². The molecule has 0 saturated heterocycles. The van der Waals surface area contributed by atoms with Gasteiger partial charge < -0.3 is 5.11 Å². The number of nitrogens with zero attached hydrogens (tertiary/aromatic N) is 1. The summed E-state index contributed by atoms with van der Waals surface area (Å²) in [6.45, 7) is 2.56. The Bertz CT molecular complexity index is 466. The third kappa shape index (κ3) is 1.63. The Kier molecular flexibility index (Phi) is 2.49. The summed E-state index contributed by atoms with van der Waals surface area (Å²) >= 11 is 6.00. The molecule has 0 atom stereocenters. The number of hydrogen-bond donors (Lipinski definition) is 1. The number of aromatic carboxylic acids is 1. The number of carboxylic acids is 1. The fraction of sp³-hybridized carbons (Fsp3) is 0.273. The molecule has 0 radical (unpaired) electrons. The number of hydrogen-bond acceptors (Lipinski definition) is 2. The molecule has 1 heterocycles. The van der Waals surface area contributed by atoms with Crippen LogP contribution in [0, 0.1) is 0 Å². The second-order valence-electron chi connectivity index (χ2n) is 3.41. The molecule has 0 saturated carbocycles. The molecule has 0 unspecified atom stereocenters. The van der Waals surface area contributed by atoms with Crippen LogP contribution in [0.1, 0.15) is 34.8 Å². The summed E-state index contributed by atoms with van der Waals surface area (Å²) in [5.41, 5.74) is 3.00. The number of carbonyl (C=O) groups is 1. The first kappa shape index (κ1) is 10.2. The van der Waals surface area contributed by atoms with Gasteiger partial charge in [0.15, 0.2) is 0 Å². The largest absolute Gasteiger partial charge is 0.478 e. The Labute approximate surface area is 92.4 Å². The summed E-state index contributed by atoms with van der Waals surface area (Å²) in [6.07, 6.45) is 0.798. The summed E-state index contributed by atoms with van der Waals surface area (Å²) in [4.78, 5) is 15.2. The minimum absolute atomic E-state index is 0.224. The van der Waals surface area contributed by atoms with E-state index >= 15 is 0 Å². The first-order valence-corrected chi connectivity index (χ1v) is 5.10. The summed E-state index contributed by atoms with van der Waals surface area (Å²) in [6, 6.07) is 3.13. The van der Waals surface area contributed by atoms with Crippen molar-refractivity contribution in [1.82, 2.24) is 0 Å². The molecule has 1 aromatic rings. The van der Waals surface area contributed by atoms with Crippen LogP contribution in [0.5, 0.6) is 0 Å². The molecule has 1 aliphatic heterocycles. The zero-order chi connectivity index (χ0) is 11.0. The highest BCUT2D eigenvalue weighted by Crippen LogP contribution is 2.29. The van der Waals surface area contributed by atoms with Crippen LogP contribution in [0.3, 0.4) is 0 Å². The lowest BCUT2D eigenvalue weighted by Crippen LogP contribution is -2.02. The molecule has 0 spiro atoms. The van der Waals surface area contributed by atoms with E-state index < -0.39 is 5.97 Å². The number of aliphatic imine (C=N–C) groups is 1. The Morgan fingerprint density at radius 2 is 2.33 bits per heavy atom. The Hall–Kier alpha value is -1.35. The van der Waals surface area contributed by atoms with Crippen molar-refractivity contribution in [3.63, 3.8) is 0 Å². The van der Waals surface area contributed by atoms with Gasteiger partial charge in [-0.3, -0.25) is 4.99 Å². The number of carboxylic acid groups (broad SMARTS) is 1. The average molecular weight is 224 g/mol. The fourth-order valence-electron chi connectivity index (χ4n) is 1.74. The van der Waals surface area contributed by atoms with E-state index in [1.54, 1.807) is 6.07 Å². The van der Waals surface area contributed by atoms with Crippen LogP contribution in [0.4, 0.5) is 0 Å². The Morgan fingerprint density at radius 1 is 1.60 bits per heavy atom. The molecule has 0 amide bonds. The molecular weight excluding hydrogens is 214 g/mol. The van der Waals surface area contributed by atoms with E-state index in [1.807, 2.05) is 6.92 Å². The third-order valence-electron chi connectivity index (χ3n) is 2.52. The SMILES string of the molecule is CCC1=NCc2c(Cl)cc(C(=O)O)cc21. The topological polar surface area (TPSA) is 49.7 Å². The van der Waals surface area contributed by atoms with Crippen molar-refractivity contribution in [2.45, 2.75) is 19.9 Å². The molecule has 15 heavy (non-hydrogen) atoms. The highest BCUT2D eigenvalue weighted by molar-refractivity contribution is 6.32. The number of halogens is 1. The molecule has 0 aliphatic carbocycles. The van der Waals surface area contributed by atoms with E-state index in [9.17, 15) is 4.79 Å². The van der Waals surface area contributed by atoms with Gasteiger partial charge in [-0.1, -0.05) is 18.5 Å². The van der Waals surface area contributed by atoms with E-state index in [-0.39, 0.29) is 5.56 Å². The molecule has 4 heteroatoms. The standard InChI is InChI=1S/C11H10ClNO2/c1-2-10-7-3-6(11(14)15)4-9(12)8(7)5-13-10/h3-4H,2,5H2,1H3,(H,14,15). The second kappa shape index (κ2) is 3.66. The highest BCUT2D eigenvalue weighted by Gasteiger charge is 2.19. The lowest BCUT2D eigenvalue weighted by atomic mass is 10.0.